The van der Waals surface area contributed by atoms with E-state index in [9.17, 15) is 14.4 Å². The molecule has 0 atom stereocenters. The number of ketones is 1. The molecule has 0 fully saturated rings. The molecule has 0 spiro atoms. The summed E-state index contributed by atoms with van der Waals surface area (Å²) >= 11 is 0. The Labute approximate surface area is 111 Å². The maximum Gasteiger partial charge on any atom is 0.344 e. The van der Waals surface area contributed by atoms with E-state index in [0.717, 1.165) is 5.56 Å². The lowest BCUT2D eigenvalue weighted by atomic mass is 10.2. The first-order chi connectivity index (χ1) is 9.08. The van der Waals surface area contributed by atoms with Crippen LogP contribution in [0.4, 0.5) is 0 Å². The lowest BCUT2D eigenvalue weighted by Crippen LogP contribution is -2.16. The van der Waals surface area contributed by atoms with Gasteiger partial charge in [0.15, 0.2) is 6.61 Å². The molecule has 102 valence electrons. The highest BCUT2D eigenvalue weighted by atomic mass is 16.6. The molecular weight excluding hydrogens is 248 g/mol. The van der Waals surface area contributed by atoms with E-state index in [1.807, 2.05) is 30.3 Å². The van der Waals surface area contributed by atoms with E-state index < -0.39 is 18.5 Å². The predicted molar refractivity (Wildman–Crippen MR) is 67.1 cm³/mol. The minimum absolute atomic E-state index is 0.0126. The third-order valence-electron chi connectivity index (χ3n) is 2.27. The van der Waals surface area contributed by atoms with Gasteiger partial charge in [-0.1, -0.05) is 30.3 Å². The van der Waals surface area contributed by atoms with E-state index in [1.165, 1.54) is 6.92 Å². The third-order valence-corrected chi connectivity index (χ3v) is 2.27. The van der Waals surface area contributed by atoms with E-state index in [4.69, 9.17) is 4.74 Å². The second-order valence-electron chi connectivity index (χ2n) is 4.01. The monoisotopic (exact) mass is 264 g/mol. The highest BCUT2D eigenvalue weighted by molar-refractivity contribution is 5.82. The lowest BCUT2D eigenvalue weighted by Gasteiger charge is -2.05. The molecule has 0 aliphatic rings. The Kier molecular flexibility index (Phi) is 6.29. The molecule has 0 aromatic heterocycles. The predicted octanol–water partition coefficient (Wildman–Crippen LogP) is 1.64. The van der Waals surface area contributed by atoms with Crippen LogP contribution in [0, 0.1) is 0 Å². The first-order valence-electron chi connectivity index (χ1n) is 5.92. The van der Waals surface area contributed by atoms with Crippen molar-refractivity contribution in [1.82, 2.24) is 0 Å². The maximum atomic E-state index is 11.3. The summed E-state index contributed by atoms with van der Waals surface area (Å²) in [5.74, 6) is -1.28. The molecule has 0 saturated carbocycles. The SMILES string of the molecule is CC(=O)CCC(=O)OCC(=O)OCc1ccccc1. The lowest BCUT2D eigenvalue weighted by molar-refractivity contribution is -0.159. The number of ether oxygens (including phenoxy) is 2. The average molecular weight is 264 g/mol. The van der Waals surface area contributed by atoms with Crippen molar-refractivity contribution >= 4 is 17.7 Å². The van der Waals surface area contributed by atoms with Crippen LogP contribution >= 0.6 is 0 Å². The molecule has 1 rings (SSSR count). The van der Waals surface area contributed by atoms with Gasteiger partial charge in [0.25, 0.3) is 0 Å². The van der Waals surface area contributed by atoms with Gasteiger partial charge in [-0.25, -0.2) is 4.79 Å². The van der Waals surface area contributed by atoms with Crippen LogP contribution in [0.2, 0.25) is 0 Å². The normalized spacial score (nSPS) is 9.74. The second kappa shape index (κ2) is 8.02. The summed E-state index contributed by atoms with van der Waals surface area (Å²) < 4.78 is 9.60. The van der Waals surface area contributed by atoms with Crippen LogP contribution in [0.15, 0.2) is 30.3 Å². The molecule has 0 N–H and O–H groups in total. The van der Waals surface area contributed by atoms with Gasteiger partial charge in [0.05, 0.1) is 6.42 Å². The van der Waals surface area contributed by atoms with Gasteiger partial charge in [-0.05, 0) is 12.5 Å². The van der Waals surface area contributed by atoms with E-state index >= 15 is 0 Å². The largest absolute Gasteiger partial charge is 0.458 e. The Morgan fingerprint density at radius 1 is 0.947 bits per heavy atom. The van der Waals surface area contributed by atoms with Crippen molar-refractivity contribution in [3.8, 4) is 0 Å². The minimum atomic E-state index is -0.611. The Morgan fingerprint density at radius 3 is 2.26 bits per heavy atom. The molecule has 1 aromatic carbocycles. The zero-order valence-electron chi connectivity index (χ0n) is 10.8. The van der Waals surface area contributed by atoms with Gasteiger partial charge in [0, 0.05) is 6.42 Å². The summed E-state index contributed by atoms with van der Waals surface area (Å²) in [5.41, 5.74) is 0.860. The van der Waals surface area contributed by atoms with Crippen molar-refractivity contribution in [2.75, 3.05) is 6.61 Å². The molecule has 0 saturated heterocycles. The molecule has 5 nitrogen and oxygen atoms in total. The zero-order chi connectivity index (χ0) is 14.1. The fraction of sp³-hybridized carbons (Fsp3) is 0.357. The maximum absolute atomic E-state index is 11.3. The van der Waals surface area contributed by atoms with Gasteiger partial charge in [-0.3, -0.25) is 4.79 Å². The van der Waals surface area contributed by atoms with Crippen molar-refractivity contribution in [3.05, 3.63) is 35.9 Å². The number of carbonyl (C=O) groups excluding carboxylic acids is 3. The van der Waals surface area contributed by atoms with E-state index in [-0.39, 0.29) is 25.2 Å². The number of rotatable bonds is 7. The smallest absolute Gasteiger partial charge is 0.344 e. The van der Waals surface area contributed by atoms with Gasteiger partial charge < -0.3 is 14.3 Å². The van der Waals surface area contributed by atoms with Crippen LogP contribution < -0.4 is 0 Å². The summed E-state index contributed by atoms with van der Waals surface area (Å²) in [6, 6.07) is 9.19. The molecule has 0 aliphatic carbocycles. The van der Waals surface area contributed by atoms with Crippen LogP contribution in [0.3, 0.4) is 0 Å². The zero-order valence-corrected chi connectivity index (χ0v) is 10.8. The quantitative estimate of drug-likeness (QED) is 0.700. The van der Waals surface area contributed by atoms with Crippen LogP contribution in [0.1, 0.15) is 25.3 Å². The van der Waals surface area contributed by atoms with Crippen LogP contribution in [0.25, 0.3) is 0 Å². The van der Waals surface area contributed by atoms with Gasteiger partial charge in [0.1, 0.15) is 12.4 Å². The van der Waals surface area contributed by atoms with Crippen molar-refractivity contribution in [2.45, 2.75) is 26.4 Å². The van der Waals surface area contributed by atoms with E-state index in [2.05, 4.69) is 4.74 Å². The van der Waals surface area contributed by atoms with Crippen molar-refractivity contribution in [1.29, 1.82) is 0 Å². The van der Waals surface area contributed by atoms with Gasteiger partial charge in [-0.15, -0.1) is 0 Å². The topological polar surface area (TPSA) is 69.7 Å². The average Bonchev–Trinajstić information content (AvgIpc) is 2.41. The van der Waals surface area contributed by atoms with Crippen molar-refractivity contribution in [3.63, 3.8) is 0 Å². The van der Waals surface area contributed by atoms with Crippen molar-refractivity contribution in [2.24, 2.45) is 0 Å². The number of esters is 2. The molecule has 1 aromatic rings. The number of benzene rings is 1. The summed E-state index contributed by atoms with van der Waals surface area (Å²) in [6.07, 6.45) is 0.110. The van der Waals surface area contributed by atoms with Gasteiger partial charge >= 0.3 is 11.9 Å². The first-order valence-corrected chi connectivity index (χ1v) is 5.92. The van der Waals surface area contributed by atoms with Crippen molar-refractivity contribution < 1.29 is 23.9 Å². The van der Waals surface area contributed by atoms with Crippen LogP contribution in [-0.2, 0) is 30.5 Å². The fourth-order valence-electron chi connectivity index (χ4n) is 1.27. The molecule has 0 unspecified atom stereocenters. The molecule has 0 radical (unpaired) electrons. The number of Topliss-reactive ketones (excluding diaryl/α,β-unsaturated/α-hetero) is 1. The highest BCUT2D eigenvalue weighted by Gasteiger charge is 2.09. The molecular formula is C14H16O5. The summed E-state index contributed by atoms with van der Waals surface area (Å²) in [5, 5.41) is 0. The molecule has 0 aliphatic heterocycles. The number of carbonyl (C=O) groups is 3. The first kappa shape index (κ1) is 14.9. The van der Waals surface area contributed by atoms with Crippen LogP contribution in [0.5, 0.6) is 0 Å². The Morgan fingerprint density at radius 2 is 1.63 bits per heavy atom. The van der Waals surface area contributed by atoms with E-state index in [0.29, 0.717) is 0 Å². The Bertz CT molecular complexity index is 438. The third kappa shape index (κ3) is 6.98. The molecule has 0 heterocycles. The van der Waals surface area contributed by atoms with Gasteiger partial charge in [-0.2, -0.15) is 0 Å². The molecule has 0 bridgehead atoms. The Hall–Kier alpha value is -2.17. The van der Waals surface area contributed by atoms with Crippen LogP contribution in [-0.4, -0.2) is 24.3 Å². The number of hydrogen-bond donors (Lipinski definition) is 0. The molecule has 0 amide bonds. The number of hydrogen-bond acceptors (Lipinski definition) is 5. The summed E-state index contributed by atoms with van der Waals surface area (Å²) in [6.45, 7) is 1.11. The minimum Gasteiger partial charge on any atom is -0.458 e. The summed E-state index contributed by atoms with van der Waals surface area (Å²) in [7, 11) is 0. The highest BCUT2D eigenvalue weighted by Crippen LogP contribution is 2.01. The molecule has 19 heavy (non-hydrogen) atoms. The molecule has 5 heteroatoms. The summed E-state index contributed by atoms with van der Waals surface area (Å²) in [4.78, 5) is 33.1. The standard InChI is InChI=1S/C14H16O5/c1-11(15)7-8-13(16)19-10-14(17)18-9-12-5-3-2-4-6-12/h2-6H,7-10H2,1H3. The second-order valence-corrected chi connectivity index (χ2v) is 4.01. The van der Waals surface area contributed by atoms with E-state index in [1.54, 1.807) is 0 Å². The Balaban J connectivity index is 2.17. The fourth-order valence-corrected chi connectivity index (χ4v) is 1.27. The van der Waals surface area contributed by atoms with Gasteiger partial charge in [0.2, 0.25) is 0 Å².